The van der Waals surface area contributed by atoms with Gasteiger partial charge in [0.1, 0.15) is 11.6 Å². The summed E-state index contributed by atoms with van der Waals surface area (Å²) < 4.78 is 24.2. The number of carbonyl (C=O) groups is 1. The van der Waals surface area contributed by atoms with Crippen molar-refractivity contribution in [3.8, 4) is 5.75 Å². The molecule has 146 valence electrons. The fourth-order valence-corrected chi connectivity index (χ4v) is 3.07. The molecule has 4 aromatic rings. The number of hydrogen-bond donors (Lipinski definition) is 1. The Bertz CT molecular complexity index is 1160. The van der Waals surface area contributed by atoms with E-state index in [-0.39, 0.29) is 11.8 Å². The lowest BCUT2D eigenvalue weighted by atomic mass is 10.0. The van der Waals surface area contributed by atoms with E-state index >= 15 is 0 Å². The Morgan fingerprint density at radius 3 is 2.66 bits per heavy atom. The fourth-order valence-electron chi connectivity index (χ4n) is 3.07. The third-order valence-corrected chi connectivity index (χ3v) is 4.37. The van der Waals surface area contributed by atoms with Gasteiger partial charge in [0.25, 0.3) is 5.91 Å². The van der Waals surface area contributed by atoms with E-state index in [9.17, 15) is 9.18 Å². The van der Waals surface area contributed by atoms with Crippen LogP contribution in [0.25, 0.3) is 10.8 Å². The van der Waals surface area contributed by atoms with Gasteiger partial charge in [-0.15, -0.1) is 5.10 Å². The van der Waals surface area contributed by atoms with Crippen LogP contribution in [0.4, 0.5) is 10.4 Å². The van der Waals surface area contributed by atoms with Crippen molar-refractivity contribution in [2.75, 3.05) is 11.9 Å². The predicted molar refractivity (Wildman–Crippen MR) is 107 cm³/mol. The van der Waals surface area contributed by atoms with Gasteiger partial charge in [-0.3, -0.25) is 10.1 Å². The molecule has 0 aliphatic heterocycles. The number of halogens is 1. The highest BCUT2D eigenvalue weighted by Gasteiger charge is 2.19. The standard InChI is InChI=1S/C22H18FN3O3/c1-2-28-18-12-9-15-5-3-4-6-17(15)20(18)21(27)24-22-26-25-19(29-22)13-14-7-10-16(23)11-8-14/h3-12H,2,13H2,1H3,(H,24,26,27). The summed E-state index contributed by atoms with van der Waals surface area (Å²) in [6, 6.07) is 17.2. The van der Waals surface area contributed by atoms with Gasteiger partial charge >= 0.3 is 6.01 Å². The Morgan fingerprint density at radius 2 is 1.86 bits per heavy atom. The molecule has 0 radical (unpaired) electrons. The number of hydrogen-bond acceptors (Lipinski definition) is 5. The molecule has 0 spiro atoms. The summed E-state index contributed by atoms with van der Waals surface area (Å²) in [4.78, 5) is 13.0. The molecule has 0 unspecified atom stereocenters. The van der Waals surface area contributed by atoms with Crippen LogP contribution in [0.1, 0.15) is 28.7 Å². The minimum Gasteiger partial charge on any atom is -0.493 e. The van der Waals surface area contributed by atoms with Crippen LogP contribution < -0.4 is 10.1 Å². The molecule has 0 atom stereocenters. The molecular formula is C22H18FN3O3. The van der Waals surface area contributed by atoms with E-state index in [1.54, 1.807) is 18.2 Å². The second kappa shape index (κ2) is 8.10. The van der Waals surface area contributed by atoms with Gasteiger partial charge in [0.2, 0.25) is 5.89 Å². The van der Waals surface area contributed by atoms with Crippen LogP contribution in [-0.2, 0) is 6.42 Å². The number of ether oxygens (including phenoxy) is 1. The molecule has 7 heteroatoms. The molecule has 0 saturated carbocycles. The molecule has 0 saturated heterocycles. The van der Waals surface area contributed by atoms with Crippen molar-refractivity contribution in [2.45, 2.75) is 13.3 Å². The van der Waals surface area contributed by atoms with Crippen molar-refractivity contribution in [2.24, 2.45) is 0 Å². The summed E-state index contributed by atoms with van der Waals surface area (Å²) in [5.41, 5.74) is 1.23. The highest BCUT2D eigenvalue weighted by molar-refractivity contribution is 6.14. The molecule has 6 nitrogen and oxygen atoms in total. The minimum absolute atomic E-state index is 0.0116. The van der Waals surface area contributed by atoms with Crippen LogP contribution in [0.3, 0.4) is 0 Å². The number of benzene rings is 3. The second-order valence-electron chi connectivity index (χ2n) is 6.35. The molecule has 1 aromatic heterocycles. The zero-order valence-corrected chi connectivity index (χ0v) is 15.7. The maximum absolute atomic E-state index is 13.0. The van der Waals surface area contributed by atoms with Gasteiger partial charge < -0.3 is 9.15 Å². The summed E-state index contributed by atoms with van der Waals surface area (Å²) in [6.45, 7) is 2.29. The average molecular weight is 391 g/mol. The topological polar surface area (TPSA) is 77.2 Å². The lowest BCUT2D eigenvalue weighted by Crippen LogP contribution is -2.14. The van der Waals surface area contributed by atoms with E-state index in [1.165, 1.54) is 12.1 Å². The quantitative estimate of drug-likeness (QED) is 0.520. The maximum atomic E-state index is 13.0. The molecule has 1 N–H and O–H groups in total. The number of carbonyl (C=O) groups excluding carboxylic acids is 1. The Morgan fingerprint density at radius 1 is 1.07 bits per heavy atom. The number of aromatic nitrogens is 2. The first-order valence-corrected chi connectivity index (χ1v) is 9.16. The second-order valence-corrected chi connectivity index (χ2v) is 6.35. The van der Waals surface area contributed by atoms with E-state index < -0.39 is 5.91 Å². The maximum Gasteiger partial charge on any atom is 0.322 e. The zero-order chi connectivity index (χ0) is 20.2. The molecule has 1 heterocycles. The SMILES string of the molecule is CCOc1ccc2ccccc2c1C(=O)Nc1nnc(Cc2ccc(F)cc2)o1. The van der Waals surface area contributed by atoms with E-state index in [2.05, 4.69) is 15.5 Å². The number of rotatable bonds is 6. The Labute approximate surface area is 166 Å². The molecule has 1 amide bonds. The van der Waals surface area contributed by atoms with Gasteiger partial charge in [0, 0.05) is 0 Å². The highest BCUT2D eigenvalue weighted by Crippen LogP contribution is 2.29. The molecule has 0 aliphatic carbocycles. The van der Waals surface area contributed by atoms with Crippen LogP contribution in [0.2, 0.25) is 0 Å². The van der Waals surface area contributed by atoms with Gasteiger partial charge in [-0.05, 0) is 41.5 Å². The molecule has 0 fully saturated rings. The first-order chi connectivity index (χ1) is 14.1. The van der Waals surface area contributed by atoms with Gasteiger partial charge in [-0.1, -0.05) is 47.6 Å². The van der Waals surface area contributed by atoms with Crippen LogP contribution in [0.5, 0.6) is 5.75 Å². The fraction of sp³-hybridized carbons (Fsp3) is 0.136. The van der Waals surface area contributed by atoms with Gasteiger partial charge in [-0.2, -0.15) is 0 Å². The van der Waals surface area contributed by atoms with Crippen molar-refractivity contribution in [3.05, 3.63) is 83.5 Å². The smallest absolute Gasteiger partial charge is 0.322 e. The van der Waals surface area contributed by atoms with E-state index in [0.29, 0.717) is 30.2 Å². The van der Waals surface area contributed by atoms with Crippen LogP contribution in [-0.4, -0.2) is 22.7 Å². The number of nitrogens with zero attached hydrogens (tertiary/aromatic N) is 2. The van der Waals surface area contributed by atoms with Crippen LogP contribution in [0.15, 0.2) is 65.1 Å². The molecule has 3 aromatic carbocycles. The summed E-state index contributed by atoms with van der Waals surface area (Å²) in [6.07, 6.45) is 0.335. The summed E-state index contributed by atoms with van der Waals surface area (Å²) in [5.74, 6) is 0.0827. The molecule has 0 bridgehead atoms. The Kier molecular flexibility index (Phi) is 5.20. The summed E-state index contributed by atoms with van der Waals surface area (Å²) >= 11 is 0. The summed E-state index contributed by atoms with van der Waals surface area (Å²) in [7, 11) is 0. The number of fused-ring (bicyclic) bond motifs is 1. The third-order valence-electron chi connectivity index (χ3n) is 4.37. The van der Waals surface area contributed by atoms with E-state index in [4.69, 9.17) is 9.15 Å². The zero-order valence-electron chi connectivity index (χ0n) is 15.7. The van der Waals surface area contributed by atoms with Crippen molar-refractivity contribution >= 4 is 22.7 Å². The monoisotopic (exact) mass is 391 g/mol. The number of amides is 1. The first kappa shape index (κ1) is 18.6. The number of nitrogens with one attached hydrogen (secondary N) is 1. The van der Waals surface area contributed by atoms with Crippen molar-refractivity contribution < 1.29 is 18.3 Å². The largest absolute Gasteiger partial charge is 0.493 e. The summed E-state index contributed by atoms with van der Waals surface area (Å²) in [5, 5.41) is 12.2. The third kappa shape index (κ3) is 4.08. The Hall–Kier alpha value is -3.74. The molecule has 29 heavy (non-hydrogen) atoms. The van der Waals surface area contributed by atoms with Crippen molar-refractivity contribution in [1.82, 2.24) is 10.2 Å². The highest BCUT2D eigenvalue weighted by atomic mass is 19.1. The predicted octanol–water partition coefficient (Wildman–Crippen LogP) is 4.60. The van der Waals surface area contributed by atoms with Gasteiger partial charge in [0.15, 0.2) is 0 Å². The van der Waals surface area contributed by atoms with Crippen molar-refractivity contribution in [1.29, 1.82) is 0 Å². The lowest BCUT2D eigenvalue weighted by Gasteiger charge is -2.12. The van der Waals surface area contributed by atoms with Gasteiger partial charge in [-0.25, -0.2) is 4.39 Å². The first-order valence-electron chi connectivity index (χ1n) is 9.16. The molecule has 4 rings (SSSR count). The normalized spacial score (nSPS) is 10.8. The number of anilines is 1. The van der Waals surface area contributed by atoms with E-state index in [1.807, 2.05) is 37.3 Å². The van der Waals surface area contributed by atoms with Gasteiger partial charge in [0.05, 0.1) is 18.6 Å². The average Bonchev–Trinajstić information content (AvgIpc) is 3.16. The van der Waals surface area contributed by atoms with E-state index in [0.717, 1.165) is 16.3 Å². The minimum atomic E-state index is -0.401. The van der Waals surface area contributed by atoms with Crippen LogP contribution >= 0.6 is 0 Å². The molecular weight excluding hydrogens is 373 g/mol. The van der Waals surface area contributed by atoms with Crippen molar-refractivity contribution in [3.63, 3.8) is 0 Å². The lowest BCUT2D eigenvalue weighted by molar-refractivity contribution is 0.102. The Balaban J connectivity index is 1.58. The van der Waals surface area contributed by atoms with Crippen LogP contribution in [0, 0.1) is 5.82 Å². The molecule has 0 aliphatic rings.